The predicted octanol–water partition coefficient (Wildman–Crippen LogP) is 2.23. The summed E-state index contributed by atoms with van der Waals surface area (Å²) in [6.07, 6.45) is 2.11. The Balaban J connectivity index is 2.56. The Kier molecular flexibility index (Phi) is 6.84. The second-order valence-electron chi connectivity index (χ2n) is 1.03. The molecule has 0 aliphatic rings. The van der Waals surface area contributed by atoms with Crippen molar-refractivity contribution >= 4 is 23.5 Å². The van der Waals surface area contributed by atoms with Crippen molar-refractivity contribution in [2.75, 3.05) is 17.8 Å². The topological polar surface area (TPSA) is 0 Å². The summed E-state index contributed by atoms with van der Waals surface area (Å²) in [5.41, 5.74) is 0. The molecule has 0 N–H and O–H groups in total. The normalized spacial score (nSPS) is 8.71. The van der Waals surface area contributed by atoms with Gasteiger partial charge in [0.05, 0.1) is 0 Å². The van der Waals surface area contributed by atoms with Crippen molar-refractivity contribution < 1.29 is 0 Å². The third kappa shape index (κ3) is 6.44. The summed E-state index contributed by atoms with van der Waals surface area (Å²) < 4.78 is 0. The van der Waals surface area contributed by atoms with Crippen molar-refractivity contribution in [2.45, 2.75) is 0 Å². The maximum Gasteiger partial charge on any atom is 0.00648 e. The van der Waals surface area contributed by atoms with Crippen LogP contribution in [-0.2, 0) is 0 Å². The summed E-state index contributed by atoms with van der Waals surface area (Å²) >= 11 is 3.65. The minimum Gasteiger partial charge on any atom is -0.165 e. The van der Waals surface area contributed by atoms with Gasteiger partial charge < -0.3 is 0 Å². The number of rotatable bonds is 4. The van der Waals surface area contributed by atoms with E-state index in [0.717, 1.165) is 0 Å². The van der Waals surface area contributed by atoms with Crippen LogP contribution in [0, 0.1) is 0 Å². The first kappa shape index (κ1) is 7.44. The molecule has 0 unspecified atom stereocenters. The molecular formula is C5H10S2. The molecule has 0 bridgehead atoms. The third-order valence-corrected chi connectivity index (χ3v) is 2.07. The minimum atomic E-state index is 1.20. The van der Waals surface area contributed by atoms with E-state index in [1.165, 1.54) is 11.5 Å². The Labute approximate surface area is 53.8 Å². The van der Waals surface area contributed by atoms with Crippen LogP contribution in [0.15, 0.2) is 12.0 Å². The summed E-state index contributed by atoms with van der Waals surface area (Å²) in [5.74, 6) is 2.43. The lowest BCUT2D eigenvalue weighted by molar-refractivity contribution is 1.56. The van der Waals surface area contributed by atoms with Gasteiger partial charge in [0.2, 0.25) is 0 Å². The molecule has 0 aromatic heterocycles. The van der Waals surface area contributed by atoms with Crippen LogP contribution >= 0.6 is 23.5 Å². The fourth-order valence-corrected chi connectivity index (χ4v) is 1.43. The molecule has 42 valence electrons. The van der Waals surface area contributed by atoms with Gasteiger partial charge in [0.25, 0.3) is 0 Å². The average Bonchev–Trinajstić information content (AvgIpc) is 1.69. The van der Waals surface area contributed by atoms with E-state index in [-0.39, 0.29) is 0 Å². The Morgan fingerprint density at radius 3 is 2.71 bits per heavy atom. The van der Waals surface area contributed by atoms with E-state index in [4.69, 9.17) is 0 Å². The first-order valence-corrected chi connectivity index (χ1v) is 4.57. The zero-order valence-corrected chi connectivity index (χ0v) is 6.15. The average molecular weight is 134 g/mol. The molecule has 0 aliphatic heterocycles. The molecule has 0 aliphatic carbocycles. The Hall–Kier alpha value is 0.440. The number of hydrogen-bond donors (Lipinski definition) is 0. The second kappa shape index (κ2) is 6.44. The van der Waals surface area contributed by atoms with Gasteiger partial charge in [-0.25, -0.2) is 0 Å². The van der Waals surface area contributed by atoms with Crippen LogP contribution in [0.4, 0.5) is 0 Å². The molecule has 0 fully saturated rings. The molecule has 0 amide bonds. The van der Waals surface area contributed by atoms with E-state index >= 15 is 0 Å². The van der Waals surface area contributed by atoms with E-state index in [1.54, 1.807) is 11.8 Å². The molecule has 0 saturated carbocycles. The van der Waals surface area contributed by atoms with Crippen LogP contribution in [0.5, 0.6) is 0 Å². The monoisotopic (exact) mass is 134 g/mol. The van der Waals surface area contributed by atoms with Crippen molar-refractivity contribution in [3.8, 4) is 0 Å². The molecule has 0 radical (unpaired) electrons. The molecule has 7 heavy (non-hydrogen) atoms. The summed E-state index contributed by atoms with van der Waals surface area (Å²) in [4.78, 5) is 0. The Bertz CT molecular complexity index is 43.3. The van der Waals surface area contributed by atoms with Crippen molar-refractivity contribution in [3.05, 3.63) is 12.0 Å². The summed E-state index contributed by atoms with van der Waals surface area (Å²) in [6.45, 7) is 3.59. The van der Waals surface area contributed by atoms with Gasteiger partial charge in [0.1, 0.15) is 0 Å². The van der Waals surface area contributed by atoms with E-state index in [2.05, 4.69) is 12.8 Å². The van der Waals surface area contributed by atoms with Gasteiger partial charge in [-0.2, -0.15) is 11.8 Å². The quantitative estimate of drug-likeness (QED) is 0.541. The van der Waals surface area contributed by atoms with Crippen LogP contribution in [0.2, 0.25) is 0 Å². The second-order valence-corrected chi connectivity index (χ2v) is 3.09. The lowest BCUT2D eigenvalue weighted by atomic mass is 11.0. The van der Waals surface area contributed by atoms with E-state index in [9.17, 15) is 0 Å². The number of hydrogen-bond acceptors (Lipinski definition) is 2. The first-order valence-electron chi connectivity index (χ1n) is 2.13. The predicted molar refractivity (Wildman–Crippen MR) is 41.0 cm³/mol. The van der Waals surface area contributed by atoms with Gasteiger partial charge in [-0.1, -0.05) is 6.58 Å². The summed E-state index contributed by atoms with van der Waals surface area (Å²) in [5, 5.41) is 1.89. The van der Waals surface area contributed by atoms with Crippen LogP contribution in [0.3, 0.4) is 0 Å². The Morgan fingerprint density at radius 1 is 1.57 bits per heavy atom. The maximum atomic E-state index is 3.59. The maximum absolute atomic E-state index is 3.59. The highest BCUT2D eigenvalue weighted by Crippen LogP contribution is 2.02. The number of thioether (sulfide) groups is 2. The van der Waals surface area contributed by atoms with Gasteiger partial charge in [0.15, 0.2) is 0 Å². The van der Waals surface area contributed by atoms with Crippen LogP contribution in [-0.4, -0.2) is 17.8 Å². The zero-order valence-electron chi connectivity index (χ0n) is 4.52. The van der Waals surface area contributed by atoms with Crippen molar-refractivity contribution in [2.24, 2.45) is 0 Å². The minimum absolute atomic E-state index is 1.20. The fraction of sp³-hybridized carbons (Fsp3) is 0.600. The molecule has 0 nitrogen and oxygen atoms in total. The van der Waals surface area contributed by atoms with Gasteiger partial charge in [-0.15, -0.1) is 11.8 Å². The molecule has 0 saturated heterocycles. The van der Waals surface area contributed by atoms with E-state index in [0.29, 0.717) is 0 Å². The lowest BCUT2D eigenvalue weighted by Crippen LogP contribution is -1.76. The Morgan fingerprint density at radius 2 is 2.29 bits per heavy atom. The van der Waals surface area contributed by atoms with Crippen molar-refractivity contribution in [3.63, 3.8) is 0 Å². The lowest BCUT2D eigenvalue weighted by Gasteiger charge is -1.88. The molecule has 2 heteroatoms. The largest absolute Gasteiger partial charge is 0.165 e. The molecular weight excluding hydrogens is 124 g/mol. The highest BCUT2D eigenvalue weighted by atomic mass is 32.2. The van der Waals surface area contributed by atoms with Crippen LogP contribution in [0.1, 0.15) is 0 Å². The molecule has 0 heterocycles. The zero-order chi connectivity index (χ0) is 5.54. The summed E-state index contributed by atoms with van der Waals surface area (Å²) in [6, 6.07) is 0. The highest BCUT2D eigenvalue weighted by molar-refractivity contribution is 8.04. The summed E-state index contributed by atoms with van der Waals surface area (Å²) in [7, 11) is 0. The highest BCUT2D eigenvalue weighted by Gasteiger charge is 1.77. The SMILES string of the molecule is C=CSCCSC. The third-order valence-electron chi connectivity index (χ3n) is 0.523. The van der Waals surface area contributed by atoms with Crippen LogP contribution < -0.4 is 0 Å². The molecule has 0 rings (SSSR count). The molecule has 0 aromatic carbocycles. The fourth-order valence-electron chi connectivity index (χ4n) is 0.215. The standard InChI is InChI=1S/C5H10S2/c1-3-7-5-4-6-2/h3H,1,4-5H2,2H3. The van der Waals surface area contributed by atoms with Crippen LogP contribution in [0.25, 0.3) is 0 Å². The van der Waals surface area contributed by atoms with Gasteiger partial charge >= 0.3 is 0 Å². The van der Waals surface area contributed by atoms with Gasteiger partial charge in [-0.05, 0) is 11.7 Å². The van der Waals surface area contributed by atoms with Crippen molar-refractivity contribution in [1.82, 2.24) is 0 Å². The molecule has 0 spiro atoms. The van der Waals surface area contributed by atoms with Gasteiger partial charge in [-0.3, -0.25) is 0 Å². The van der Waals surface area contributed by atoms with Gasteiger partial charge in [0, 0.05) is 11.5 Å². The van der Waals surface area contributed by atoms with Crippen molar-refractivity contribution in [1.29, 1.82) is 0 Å². The smallest absolute Gasteiger partial charge is 0.00648 e. The van der Waals surface area contributed by atoms with E-state index < -0.39 is 0 Å². The molecule has 0 aromatic rings. The first-order chi connectivity index (χ1) is 3.41. The molecule has 0 atom stereocenters. The van der Waals surface area contributed by atoms with E-state index in [1.807, 2.05) is 17.2 Å².